The van der Waals surface area contributed by atoms with E-state index < -0.39 is 0 Å². The van der Waals surface area contributed by atoms with E-state index in [-0.39, 0.29) is 12.1 Å². The molecule has 0 spiro atoms. The van der Waals surface area contributed by atoms with E-state index in [1.165, 1.54) is 44.5 Å². The summed E-state index contributed by atoms with van der Waals surface area (Å²) in [6, 6.07) is 17.7. The van der Waals surface area contributed by atoms with Gasteiger partial charge in [0.2, 0.25) is 0 Å². The maximum absolute atomic E-state index is 5.82. The molecule has 0 N–H and O–H groups in total. The van der Waals surface area contributed by atoms with Crippen LogP contribution in [0.25, 0.3) is 0 Å². The lowest BCUT2D eigenvalue weighted by atomic mass is 9.86. The molecule has 2 atom stereocenters. The van der Waals surface area contributed by atoms with Crippen LogP contribution in [0.5, 0.6) is 46.0 Å². The van der Waals surface area contributed by atoms with E-state index in [0.29, 0.717) is 0 Å². The highest BCUT2D eigenvalue weighted by atomic mass is 16.5. The van der Waals surface area contributed by atoms with Crippen LogP contribution in [0.4, 0.5) is 0 Å². The van der Waals surface area contributed by atoms with Crippen LogP contribution in [-0.4, -0.2) is 93.9 Å². The van der Waals surface area contributed by atoms with Gasteiger partial charge in [0, 0.05) is 25.2 Å². The average molecular weight is 769 g/mol. The number of methoxy groups -OCH3 is 8. The number of aryl methyl sites for hydroxylation is 2. The van der Waals surface area contributed by atoms with E-state index in [9.17, 15) is 0 Å². The molecule has 2 aliphatic rings. The van der Waals surface area contributed by atoms with Crippen molar-refractivity contribution >= 4 is 0 Å². The Hall–Kier alpha value is -4.80. The zero-order chi connectivity index (χ0) is 39.9. The van der Waals surface area contributed by atoms with E-state index >= 15 is 0 Å². The van der Waals surface area contributed by atoms with Gasteiger partial charge in [-0.15, -0.1) is 0 Å². The summed E-state index contributed by atoms with van der Waals surface area (Å²) < 4.78 is 46.1. The second-order valence-corrected chi connectivity index (χ2v) is 14.9. The van der Waals surface area contributed by atoms with Crippen molar-refractivity contribution in [3.05, 3.63) is 93.0 Å². The van der Waals surface area contributed by atoms with Crippen LogP contribution < -0.4 is 37.9 Å². The number of ether oxygens (including phenoxy) is 8. The molecule has 0 saturated carbocycles. The molecule has 0 radical (unpaired) electrons. The van der Waals surface area contributed by atoms with E-state index in [2.05, 4.69) is 72.4 Å². The molecule has 10 heteroatoms. The van der Waals surface area contributed by atoms with Gasteiger partial charge in [0.15, 0.2) is 46.0 Å². The maximum atomic E-state index is 5.82. The standard InChI is InChI=1S/C46H60N2O8/c1-47-17-15-31-23-41(51-5)45(55-9)27-35(31)37(47)19-33-25-43(53-7)39(49-3)21-29(33)13-11-12-14-30-22-40(50-4)44(54-8)26-34(30)20-38-36-28-46(56-10)42(52-6)24-32(36)16-18-48(38)2/h21-28,37-38H,11-20H2,1-10H3/t37-,38-/m1/s1. The van der Waals surface area contributed by atoms with Gasteiger partial charge in [-0.2, -0.15) is 0 Å². The number of fused-ring (bicyclic) bond motifs is 2. The Kier molecular flexibility index (Phi) is 13.4. The molecule has 10 nitrogen and oxygen atoms in total. The second-order valence-electron chi connectivity index (χ2n) is 14.9. The van der Waals surface area contributed by atoms with E-state index in [1.807, 2.05) is 0 Å². The Morgan fingerprint density at radius 3 is 1.02 bits per heavy atom. The lowest BCUT2D eigenvalue weighted by Crippen LogP contribution is -2.33. The fourth-order valence-corrected chi connectivity index (χ4v) is 8.66. The zero-order valence-corrected chi connectivity index (χ0v) is 35.0. The monoisotopic (exact) mass is 768 g/mol. The highest BCUT2D eigenvalue weighted by Crippen LogP contribution is 2.43. The third kappa shape index (κ3) is 8.47. The highest BCUT2D eigenvalue weighted by molar-refractivity contribution is 5.53. The van der Waals surface area contributed by atoms with Gasteiger partial charge in [0.25, 0.3) is 0 Å². The van der Waals surface area contributed by atoms with Crippen LogP contribution in [0.15, 0.2) is 48.5 Å². The quantitative estimate of drug-likeness (QED) is 0.0992. The smallest absolute Gasteiger partial charge is 0.161 e. The van der Waals surface area contributed by atoms with Crippen LogP contribution in [0.1, 0.15) is 69.4 Å². The predicted molar refractivity (Wildman–Crippen MR) is 220 cm³/mol. The van der Waals surface area contributed by atoms with Gasteiger partial charge in [-0.3, -0.25) is 9.80 Å². The molecule has 0 bridgehead atoms. The molecule has 0 unspecified atom stereocenters. The number of benzene rings is 4. The molecule has 0 fully saturated rings. The Bertz CT molecular complexity index is 1840. The van der Waals surface area contributed by atoms with Crippen LogP contribution >= 0.6 is 0 Å². The van der Waals surface area contributed by atoms with Crippen LogP contribution in [0.3, 0.4) is 0 Å². The fraction of sp³-hybridized carbons (Fsp3) is 0.478. The Morgan fingerprint density at radius 2 is 0.696 bits per heavy atom. The topological polar surface area (TPSA) is 80.3 Å². The highest BCUT2D eigenvalue weighted by Gasteiger charge is 2.30. The lowest BCUT2D eigenvalue weighted by molar-refractivity contribution is 0.227. The van der Waals surface area contributed by atoms with Crippen molar-refractivity contribution in [2.24, 2.45) is 0 Å². The molecule has 0 aliphatic carbocycles. The molecule has 2 heterocycles. The Morgan fingerprint density at radius 1 is 0.411 bits per heavy atom. The minimum absolute atomic E-state index is 0.175. The predicted octanol–water partition coefficient (Wildman–Crippen LogP) is 7.86. The minimum atomic E-state index is 0.175. The third-order valence-corrected chi connectivity index (χ3v) is 11.9. The maximum Gasteiger partial charge on any atom is 0.161 e. The van der Waals surface area contributed by atoms with Crippen molar-refractivity contribution < 1.29 is 37.9 Å². The fourth-order valence-electron chi connectivity index (χ4n) is 8.66. The number of rotatable bonds is 17. The SMILES string of the molecule is COc1cc(CCCCc2cc(OC)c(OC)cc2C[C@@H]2c3cc(OC)c(OC)cc3CCN2C)c(C[C@@H]2c3cc(OC)c(OC)cc3CCN2C)cc1OC. The van der Waals surface area contributed by atoms with Gasteiger partial charge in [-0.05, 0) is 159 Å². The molecule has 4 aromatic carbocycles. The van der Waals surface area contributed by atoms with Gasteiger partial charge in [0.1, 0.15) is 0 Å². The van der Waals surface area contributed by atoms with Crippen LogP contribution in [0.2, 0.25) is 0 Å². The van der Waals surface area contributed by atoms with Gasteiger partial charge >= 0.3 is 0 Å². The summed E-state index contributed by atoms with van der Waals surface area (Å²) in [4.78, 5) is 4.89. The van der Waals surface area contributed by atoms with Crippen LogP contribution in [0, 0.1) is 0 Å². The molecule has 56 heavy (non-hydrogen) atoms. The molecule has 0 saturated heterocycles. The molecular formula is C46H60N2O8. The normalized spacial score (nSPS) is 16.8. The van der Waals surface area contributed by atoms with Gasteiger partial charge in [-0.1, -0.05) is 0 Å². The summed E-state index contributed by atoms with van der Waals surface area (Å²) in [6.45, 7) is 1.93. The first-order chi connectivity index (χ1) is 27.2. The molecule has 6 rings (SSSR count). The number of unbranched alkanes of at least 4 members (excludes halogenated alkanes) is 1. The number of nitrogens with zero attached hydrogens (tertiary/aromatic N) is 2. The van der Waals surface area contributed by atoms with E-state index in [4.69, 9.17) is 37.9 Å². The summed E-state index contributed by atoms with van der Waals surface area (Å²) in [5.74, 6) is 6.06. The summed E-state index contributed by atoms with van der Waals surface area (Å²) in [6.07, 6.45) is 7.42. The van der Waals surface area contributed by atoms with Gasteiger partial charge < -0.3 is 37.9 Å². The van der Waals surface area contributed by atoms with Gasteiger partial charge in [-0.25, -0.2) is 0 Å². The Balaban J connectivity index is 1.25. The van der Waals surface area contributed by atoms with Crippen molar-refractivity contribution in [1.82, 2.24) is 9.80 Å². The summed E-state index contributed by atoms with van der Waals surface area (Å²) in [7, 11) is 18.0. The largest absolute Gasteiger partial charge is 0.493 e. The van der Waals surface area contributed by atoms with Crippen molar-refractivity contribution in [2.75, 3.05) is 84.1 Å². The van der Waals surface area contributed by atoms with E-state index in [1.54, 1.807) is 56.9 Å². The van der Waals surface area contributed by atoms with Crippen molar-refractivity contribution in [2.45, 2.75) is 63.5 Å². The average Bonchev–Trinajstić information content (AvgIpc) is 3.23. The third-order valence-electron chi connectivity index (χ3n) is 11.9. The molecule has 0 amide bonds. The number of hydrogen-bond acceptors (Lipinski definition) is 10. The van der Waals surface area contributed by atoms with E-state index in [0.717, 1.165) is 110 Å². The zero-order valence-electron chi connectivity index (χ0n) is 35.0. The number of hydrogen-bond donors (Lipinski definition) is 0. The first-order valence-corrected chi connectivity index (χ1v) is 19.6. The molecule has 0 aromatic heterocycles. The lowest BCUT2D eigenvalue weighted by Gasteiger charge is -2.36. The van der Waals surface area contributed by atoms with Gasteiger partial charge in [0.05, 0.1) is 56.9 Å². The first-order valence-electron chi connectivity index (χ1n) is 19.6. The minimum Gasteiger partial charge on any atom is -0.493 e. The molecule has 2 aliphatic heterocycles. The number of likely N-dealkylation sites (N-methyl/N-ethyl adjacent to an activating group) is 2. The van der Waals surface area contributed by atoms with Crippen molar-refractivity contribution in [1.29, 1.82) is 0 Å². The molecule has 302 valence electrons. The Labute approximate surface area is 333 Å². The molecular weight excluding hydrogens is 709 g/mol. The van der Waals surface area contributed by atoms with Crippen molar-refractivity contribution in [3.8, 4) is 46.0 Å². The summed E-state index contributed by atoms with van der Waals surface area (Å²) in [5.41, 5.74) is 10.3. The second kappa shape index (κ2) is 18.4. The summed E-state index contributed by atoms with van der Waals surface area (Å²) >= 11 is 0. The summed E-state index contributed by atoms with van der Waals surface area (Å²) in [5, 5.41) is 0. The molecule has 4 aromatic rings. The van der Waals surface area contributed by atoms with Crippen LogP contribution in [-0.2, 0) is 38.5 Å². The van der Waals surface area contributed by atoms with Crippen molar-refractivity contribution in [3.63, 3.8) is 0 Å². The first kappa shape index (κ1) is 40.9.